The number of anilines is 1. The number of piperidine rings is 1. The van der Waals surface area contributed by atoms with Crippen LogP contribution in [-0.4, -0.2) is 53.6 Å². The van der Waals surface area contributed by atoms with Crippen LogP contribution in [0.3, 0.4) is 0 Å². The molecule has 0 spiro atoms. The molecule has 2 atom stereocenters. The maximum Gasteiger partial charge on any atom is 0.140 e. The van der Waals surface area contributed by atoms with Crippen molar-refractivity contribution < 1.29 is 11.6 Å². The van der Waals surface area contributed by atoms with E-state index in [2.05, 4.69) is 22.3 Å². The summed E-state index contributed by atoms with van der Waals surface area (Å²) in [6, 6.07) is 7.59. The van der Waals surface area contributed by atoms with Crippen molar-refractivity contribution in [3.63, 3.8) is 0 Å². The zero-order chi connectivity index (χ0) is 20.1. The Hall–Kier alpha value is -2.03. The Morgan fingerprint density at radius 2 is 2.25 bits per heavy atom. The topological polar surface area (TPSA) is 64.0 Å². The van der Waals surface area contributed by atoms with Gasteiger partial charge in [0.25, 0.3) is 0 Å². The summed E-state index contributed by atoms with van der Waals surface area (Å²) in [6.07, 6.45) is 1.32. The van der Waals surface area contributed by atoms with Crippen LogP contribution < -0.4 is 10.7 Å². The van der Waals surface area contributed by atoms with Gasteiger partial charge in [-0.25, -0.2) is 18.8 Å². The lowest BCUT2D eigenvalue weighted by molar-refractivity contribution is 0.120. The first-order chi connectivity index (χ1) is 13.5. The van der Waals surface area contributed by atoms with Crippen molar-refractivity contribution >= 4 is 38.3 Å². The maximum absolute atomic E-state index is 14.3. The molecule has 0 unspecified atom stereocenters. The molecule has 5 nitrogen and oxygen atoms in total. The van der Waals surface area contributed by atoms with E-state index in [0.29, 0.717) is 23.8 Å². The minimum atomic E-state index is -1.07. The molecular weight excluding hydrogens is 380 g/mol. The average molecular weight is 410 g/mol. The molecule has 0 aliphatic carbocycles. The van der Waals surface area contributed by atoms with Crippen LogP contribution in [0.4, 0.5) is 14.6 Å². The number of fused-ring (bicyclic) bond motifs is 1. The lowest BCUT2D eigenvalue weighted by Gasteiger charge is -2.35. The number of thioether (sulfide) groups is 1. The van der Waals surface area contributed by atoms with Gasteiger partial charge in [0.2, 0.25) is 0 Å². The molecule has 3 rings (SSSR count). The molecule has 2 heterocycles. The third-order valence-electron chi connectivity index (χ3n) is 4.64. The minimum Gasteiger partial charge on any atom is -0.308 e. The first kappa shape index (κ1) is 20.7. The zero-order valence-corrected chi connectivity index (χ0v) is 16.7. The summed E-state index contributed by atoms with van der Waals surface area (Å²) in [5.41, 5.74) is 4.14. The minimum absolute atomic E-state index is 0. The van der Waals surface area contributed by atoms with Gasteiger partial charge in [-0.3, -0.25) is 5.41 Å². The lowest BCUT2D eigenvalue weighted by Crippen LogP contribution is -2.52. The fourth-order valence-electron chi connectivity index (χ4n) is 3.26. The van der Waals surface area contributed by atoms with Crippen LogP contribution in [0.15, 0.2) is 37.0 Å². The Bertz CT molecular complexity index is 870. The summed E-state index contributed by atoms with van der Waals surface area (Å²) >= 11 is 1.33. The SMILES string of the molecule is C=C(SC(C)=N)c1ccc2cnc(NN3CC[C@H](NCCF)[C@@H](F)C3)cc2c1.[HH].[HH]. The third kappa shape index (κ3) is 5.27. The summed E-state index contributed by atoms with van der Waals surface area (Å²) in [4.78, 5) is 5.24. The molecule has 3 N–H and O–H groups in total. The standard InChI is InChI=1S/C20H25F2N5S.2H2/c1-13(28-14(2)23)15-3-4-16-11-25-20(10-17(16)9-15)26-27-8-5-19(18(22)12-27)24-7-6-21;;/h3-4,9-11,18-19,23-24H,1,5-8,12H2,2H3,(H,25,26);2*1H/t18-,19-;;/m0../s1. The van der Waals surface area contributed by atoms with E-state index in [1.165, 1.54) is 11.8 Å². The molecule has 0 bridgehead atoms. The summed E-state index contributed by atoms with van der Waals surface area (Å²) in [6.45, 7) is 6.34. The number of alkyl halides is 2. The number of nitrogens with zero attached hydrogens (tertiary/aromatic N) is 2. The van der Waals surface area contributed by atoms with E-state index in [1.54, 1.807) is 13.1 Å². The Balaban J connectivity index is 0.00000225. The number of halogens is 2. The molecule has 1 aliphatic rings. The number of hydrazine groups is 1. The van der Waals surface area contributed by atoms with Gasteiger partial charge in [-0.15, -0.1) is 0 Å². The van der Waals surface area contributed by atoms with E-state index >= 15 is 0 Å². The van der Waals surface area contributed by atoms with Crippen molar-refractivity contribution in [2.45, 2.75) is 25.6 Å². The van der Waals surface area contributed by atoms with Crippen LogP contribution in [0, 0.1) is 5.41 Å². The van der Waals surface area contributed by atoms with E-state index in [-0.39, 0.29) is 22.0 Å². The molecule has 2 aromatic rings. The highest BCUT2D eigenvalue weighted by Crippen LogP contribution is 2.29. The molecule has 154 valence electrons. The summed E-state index contributed by atoms with van der Waals surface area (Å²) in [7, 11) is 0. The summed E-state index contributed by atoms with van der Waals surface area (Å²) in [5, 5.41) is 14.8. The van der Waals surface area contributed by atoms with Crippen molar-refractivity contribution in [3.8, 4) is 0 Å². The van der Waals surface area contributed by atoms with Gasteiger partial charge >= 0.3 is 0 Å². The first-order valence-corrected chi connectivity index (χ1v) is 10.0. The molecule has 1 aromatic carbocycles. The predicted octanol–water partition coefficient (Wildman–Crippen LogP) is 4.73. The van der Waals surface area contributed by atoms with Crippen LogP contribution in [-0.2, 0) is 0 Å². The second-order valence-corrected chi connectivity index (χ2v) is 8.13. The van der Waals surface area contributed by atoms with Gasteiger partial charge in [-0.05, 0) is 36.4 Å². The van der Waals surface area contributed by atoms with Crippen molar-refractivity contribution in [2.75, 3.05) is 31.7 Å². The number of hydrogen-bond donors (Lipinski definition) is 3. The number of hydrogen-bond acceptors (Lipinski definition) is 6. The normalized spacial score (nSPS) is 20.2. The number of pyridine rings is 1. The Labute approximate surface area is 171 Å². The highest BCUT2D eigenvalue weighted by Gasteiger charge is 2.28. The molecule has 28 heavy (non-hydrogen) atoms. The third-order valence-corrected chi connectivity index (χ3v) is 5.42. The van der Waals surface area contributed by atoms with Crippen LogP contribution in [0.1, 0.15) is 21.8 Å². The largest absolute Gasteiger partial charge is 0.308 e. The van der Waals surface area contributed by atoms with Crippen LogP contribution in [0.5, 0.6) is 0 Å². The molecule has 0 radical (unpaired) electrons. The average Bonchev–Trinajstić information content (AvgIpc) is 2.66. The second kappa shape index (κ2) is 9.45. The van der Waals surface area contributed by atoms with E-state index in [0.717, 1.165) is 21.2 Å². The molecule has 1 aliphatic heterocycles. The lowest BCUT2D eigenvalue weighted by atomic mass is 10.0. The van der Waals surface area contributed by atoms with Crippen molar-refractivity contribution in [3.05, 3.63) is 42.6 Å². The number of benzene rings is 1. The smallest absolute Gasteiger partial charge is 0.140 e. The van der Waals surface area contributed by atoms with Crippen molar-refractivity contribution in [2.24, 2.45) is 0 Å². The van der Waals surface area contributed by atoms with Crippen LogP contribution in [0.2, 0.25) is 0 Å². The maximum atomic E-state index is 14.3. The Morgan fingerprint density at radius 3 is 2.96 bits per heavy atom. The Kier molecular flexibility index (Phi) is 6.98. The highest BCUT2D eigenvalue weighted by atomic mass is 32.2. The first-order valence-electron chi connectivity index (χ1n) is 9.23. The number of rotatable bonds is 7. The summed E-state index contributed by atoms with van der Waals surface area (Å²) < 4.78 is 26.6. The fraction of sp³-hybridized carbons (Fsp3) is 0.400. The van der Waals surface area contributed by atoms with E-state index < -0.39 is 12.8 Å². The van der Waals surface area contributed by atoms with Gasteiger partial charge in [-0.2, -0.15) is 0 Å². The van der Waals surface area contributed by atoms with Crippen LogP contribution in [0.25, 0.3) is 15.7 Å². The number of nitrogens with one attached hydrogen (secondary N) is 3. The van der Waals surface area contributed by atoms with Gasteiger partial charge in [0.05, 0.1) is 11.6 Å². The van der Waals surface area contributed by atoms with Crippen LogP contribution >= 0.6 is 11.8 Å². The molecule has 1 fully saturated rings. The molecule has 8 heteroatoms. The van der Waals surface area contributed by atoms with Gasteiger partial charge in [0, 0.05) is 38.5 Å². The van der Waals surface area contributed by atoms with Crippen molar-refractivity contribution in [1.82, 2.24) is 15.3 Å². The van der Waals surface area contributed by atoms with Gasteiger partial charge < -0.3 is 10.7 Å². The predicted molar refractivity (Wildman–Crippen MR) is 118 cm³/mol. The molecule has 0 amide bonds. The fourth-order valence-corrected chi connectivity index (χ4v) is 3.87. The highest BCUT2D eigenvalue weighted by molar-refractivity contribution is 8.21. The number of aromatic nitrogens is 1. The Morgan fingerprint density at radius 1 is 1.43 bits per heavy atom. The van der Waals surface area contributed by atoms with E-state index in [1.807, 2.05) is 29.3 Å². The van der Waals surface area contributed by atoms with Gasteiger partial charge in [-0.1, -0.05) is 30.5 Å². The molecular formula is C20H29F2N5S. The molecule has 0 saturated carbocycles. The zero-order valence-electron chi connectivity index (χ0n) is 15.8. The van der Waals surface area contributed by atoms with Crippen molar-refractivity contribution in [1.29, 1.82) is 5.41 Å². The van der Waals surface area contributed by atoms with Gasteiger partial charge in [0.15, 0.2) is 0 Å². The molecule has 1 aromatic heterocycles. The van der Waals surface area contributed by atoms with E-state index in [4.69, 9.17) is 5.41 Å². The monoisotopic (exact) mass is 409 g/mol. The molecule has 1 saturated heterocycles. The second-order valence-electron chi connectivity index (χ2n) is 6.82. The van der Waals surface area contributed by atoms with E-state index in [9.17, 15) is 8.78 Å². The van der Waals surface area contributed by atoms with Gasteiger partial charge in [0.1, 0.15) is 18.7 Å². The quantitative estimate of drug-likeness (QED) is 0.456. The summed E-state index contributed by atoms with van der Waals surface area (Å²) in [5.74, 6) is 0.647.